The van der Waals surface area contributed by atoms with Crippen molar-refractivity contribution in [3.63, 3.8) is 0 Å². The monoisotopic (exact) mass is 318 g/mol. The molecule has 0 amide bonds. The van der Waals surface area contributed by atoms with Gasteiger partial charge in [0.15, 0.2) is 0 Å². The molecule has 0 saturated carbocycles. The van der Waals surface area contributed by atoms with Crippen molar-refractivity contribution >= 4 is 5.97 Å². The van der Waals surface area contributed by atoms with Crippen LogP contribution in [0.2, 0.25) is 0 Å². The molecule has 1 rings (SSSR count). The van der Waals surface area contributed by atoms with Gasteiger partial charge in [0.25, 0.3) is 0 Å². The third-order valence-corrected chi connectivity index (χ3v) is 3.24. The van der Waals surface area contributed by atoms with E-state index in [1.54, 1.807) is 0 Å². The van der Waals surface area contributed by atoms with E-state index in [4.69, 9.17) is 9.84 Å². The Kier molecular flexibility index (Phi) is 7.77. The molecule has 0 heterocycles. The van der Waals surface area contributed by atoms with E-state index in [0.29, 0.717) is 18.8 Å². The predicted octanol–water partition coefficient (Wildman–Crippen LogP) is 4.90. The van der Waals surface area contributed by atoms with Gasteiger partial charge >= 0.3 is 12.1 Å². The number of unbranched alkanes of at least 4 members (excludes halogenated alkanes) is 5. The number of hydrogen-bond acceptors (Lipinski definition) is 2. The number of alkyl halides is 3. The number of halogens is 3. The van der Waals surface area contributed by atoms with Crippen LogP contribution in [0.3, 0.4) is 0 Å². The topological polar surface area (TPSA) is 46.5 Å². The Morgan fingerprint density at radius 1 is 0.955 bits per heavy atom. The molecule has 0 spiro atoms. The summed E-state index contributed by atoms with van der Waals surface area (Å²) in [6.45, 7) is 0.473. The van der Waals surface area contributed by atoms with Crippen molar-refractivity contribution in [2.75, 3.05) is 6.61 Å². The van der Waals surface area contributed by atoms with Crippen LogP contribution in [0.5, 0.6) is 5.75 Å². The summed E-state index contributed by atoms with van der Waals surface area (Å²) in [7, 11) is 0. The molecule has 0 fully saturated rings. The van der Waals surface area contributed by atoms with E-state index in [2.05, 4.69) is 0 Å². The second-order valence-corrected chi connectivity index (χ2v) is 5.14. The lowest BCUT2D eigenvalue weighted by atomic mass is 10.1. The fourth-order valence-electron chi connectivity index (χ4n) is 2.02. The molecular formula is C16H21F3O3. The van der Waals surface area contributed by atoms with Crippen molar-refractivity contribution in [1.82, 2.24) is 0 Å². The number of benzene rings is 1. The molecule has 0 atom stereocenters. The maximum absolute atomic E-state index is 12.4. The van der Waals surface area contributed by atoms with E-state index in [1.807, 2.05) is 0 Å². The maximum Gasteiger partial charge on any atom is 0.416 e. The SMILES string of the molecule is O=C(O)CCCCCCCCOc1ccc(C(F)(F)F)cc1. The Morgan fingerprint density at radius 2 is 1.50 bits per heavy atom. The lowest BCUT2D eigenvalue weighted by molar-refractivity contribution is -0.138. The molecule has 22 heavy (non-hydrogen) atoms. The first-order chi connectivity index (χ1) is 10.4. The quantitative estimate of drug-likeness (QED) is 0.624. The summed E-state index contributed by atoms with van der Waals surface area (Å²) in [6.07, 6.45) is 1.32. The van der Waals surface area contributed by atoms with Crippen molar-refractivity contribution in [3.05, 3.63) is 29.8 Å². The number of carboxylic acids is 1. The molecule has 6 heteroatoms. The normalized spacial score (nSPS) is 11.4. The minimum absolute atomic E-state index is 0.219. The van der Waals surface area contributed by atoms with Gasteiger partial charge in [-0.3, -0.25) is 4.79 Å². The lowest BCUT2D eigenvalue weighted by Gasteiger charge is -2.09. The molecule has 0 bridgehead atoms. The van der Waals surface area contributed by atoms with E-state index in [0.717, 1.165) is 44.2 Å². The van der Waals surface area contributed by atoms with Gasteiger partial charge in [0.1, 0.15) is 5.75 Å². The average molecular weight is 318 g/mol. The van der Waals surface area contributed by atoms with Crippen LogP contribution in [0.15, 0.2) is 24.3 Å². The first kappa shape index (κ1) is 18.3. The molecule has 0 radical (unpaired) electrons. The third kappa shape index (κ3) is 7.90. The second kappa shape index (κ2) is 9.33. The van der Waals surface area contributed by atoms with Crippen LogP contribution < -0.4 is 4.74 Å². The van der Waals surface area contributed by atoms with Gasteiger partial charge in [-0.25, -0.2) is 0 Å². The highest BCUT2D eigenvalue weighted by Gasteiger charge is 2.29. The highest BCUT2D eigenvalue weighted by molar-refractivity contribution is 5.66. The van der Waals surface area contributed by atoms with E-state index >= 15 is 0 Å². The van der Waals surface area contributed by atoms with E-state index < -0.39 is 17.7 Å². The van der Waals surface area contributed by atoms with Gasteiger partial charge < -0.3 is 9.84 Å². The Bertz CT molecular complexity index is 441. The molecule has 0 unspecified atom stereocenters. The van der Waals surface area contributed by atoms with Gasteiger partial charge in [0.05, 0.1) is 12.2 Å². The highest BCUT2D eigenvalue weighted by Crippen LogP contribution is 2.30. The molecule has 0 aromatic heterocycles. The molecule has 124 valence electrons. The number of aliphatic carboxylic acids is 1. The summed E-state index contributed by atoms with van der Waals surface area (Å²) in [6, 6.07) is 4.68. The van der Waals surface area contributed by atoms with Crippen molar-refractivity contribution in [1.29, 1.82) is 0 Å². The zero-order chi connectivity index (χ0) is 16.4. The standard InChI is InChI=1S/C16H21F3O3/c17-16(18,19)13-8-10-14(11-9-13)22-12-6-4-2-1-3-5-7-15(20)21/h8-11H,1-7,12H2,(H,20,21). The fourth-order valence-corrected chi connectivity index (χ4v) is 2.02. The minimum Gasteiger partial charge on any atom is -0.494 e. The third-order valence-electron chi connectivity index (χ3n) is 3.24. The molecule has 3 nitrogen and oxygen atoms in total. The molecule has 0 aliphatic heterocycles. The lowest BCUT2D eigenvalue weighted by Crippen LogP contribution is -2.04. The van der Waals surface area contributed by atoms with Crippen molar-refractivity contribution in [2.24, 2.45) is 0 Å². The van der Waals surface area contributed by atoms with Gasteiger partial charge in [-0.2, -0.15) is 13.2 Å². The maximum atomic E-state index is 12.4. The number of carbonyl (C=O) groups is 1. The van der Waals surface area contributed by atoms with E-state index in [9.17, 15) is 18.0 Å². The molecule has 0 aliphatic rings. The Hall–Kier alpha value is -1.72. The van der Waals surface area contributed by atoms with E-state index in [-0.39, 0.29) is 6.42 Å². The van der Waals surface area contributed by atoms with Crippen LogP contribution in [-0.4, -0.2) is 17.7 Å². The van der Waals surface area contributed by atoms with Crippen LogP contribution in [0.1, 0.15) is 50.5 Å². The summed E-state index contributed by atoms with van der Waals surface area (Å²) < 4.78 is 42.5. The summed E-state index contributed by atoms with van der Waals surface area (Å²) >= 11 is 0. The van der Waals surface area contributed by atoms with Crippen molar-refractivity contribution in [3.8, 4) is 5.75 Å². The molecule has 0 saturated heterocycles. The minimum atomic E-state index is -4.32. The van der Waals surface area contributed by atoms with Crippen LogP contribution in [0, 0.1) is 0 Å². The molecule has 1 N–H and O–H groups in total. The average Bonchev–Trinajstić information content (AvgIpc) is 2.45. The smallest absolute Gasteiger partial charge is 0.416 e. The molecule has 0 aliphatic carbocycles. The van der Waals surface area contributed by atoms with Gasteiger partial charge in [-0.1, -0.05) is 25.7 Å². The number of carboxylic acid groups (broad SMARTS) is 1. The first-order valence-electron chi connectivity index (χ1n) is 7.41. The largest absolute Gasteiger partial charge is 0.494 e. The van der Waals surface area contributed by atoms with Crippen molar-refractivity contribution < 1.29 is 27.8 Å². The zero-order valence-electron chi connectivity index (χ0n) is 12.4. The number of rotatable bonds is 10. The van der Waals surface area contributed by atoms with Gasteiger partial charge in [-0.05, 0) is 37.1 Å². The molecular weight excluding hydrogens is 297 g/mol. The Morgan fingerprint density at radius 3 is 2.05 bits per heavy atom. The summed E-state index contributed by atoms with van der Waals surface area (Å²) in [5.41, 5.74) is -0.679. The number of ether oxygens (including phenoxy) is 1. The van der Waals surface area contributed by atoms with Crippen LogP contribution in [0.25, 0.3) is 0 Å². The molecule has 1 aromatic carbocycles. The second-order valence-electron chi connectivity index (χ2n) is 5.14. The van der Waals surface area contributed by atoms with Gasteiger partial charge in [-0.15, -0.1) is 0 Å². The van der Waals surface area contributed by atoms with Gasteiger partial charge in [0.2, 0.25) is 0 Å². The highest BCUT2D eigenvalue weighted by atomic mass is 19.4. The zero-order valence-corrected chi connectivity index (χ0v) is 12.4. The van der Waals surface area contributed by atoms with E-state index in [1.165, 1.54) is 12.1 Å². The summed E-state index contributed by atoms with van der Waals surface area (Å²) in [5.74, 6) is -0.320. The predicted molar refractivity (Wildman–Crippen MR) is 76.9 cm³/mol. The van der Waals surface area contributed by atoms with Crippen LogP contribution in [0.4, 0.5) is 13.2 Å². The van der Waals surface area contributed by atoms with Gasteiger partial charge in [0, 0.05) is 6.42 Å². The molecule has 1 aromatic rings. The fraction of sp³-hybridized carbons (Fsp3) is 0.562. The summed E-state index contributed by atoms with van der Waals surface area (Å²) in [5, 5.41) is 8.48. The van der Waals surface area contributed by atoms with Crippen LogP contribution >= 0.6 is 0 Å². The Balaban J connectivity index is 2.06. The van der Waals surface area contributed by atoms with Crippen molar-refractivity contribution in [2.45, 2.75) is 51.1 Å². The first-order valence-corrected chi connectivity index (χ1v) is 7.41. The summed E-state index contributed by atoms with van der Waals surface area (Å²) in [4.78, 5) is 10.3. The Labute approximate surface area is 128 Å². The van der Waals surface area contributed by atoms with Crippen LogP contribution in [-0.2, 0) is 11.0 Å². The number of hydrogen-bond donors (Lipinski definition) is 1.